The van der Waals surface area contributed by atoms with Gasteiger partial charge in [0.1, 0.15) is 0 Å². The number of aromatic amines is 1. The van der Waals surface area contributed by atoms with E-state index in [2.05, 4.69) is 22.9 Å². The molecule has 1 aromatic heterocycles. The summed E-state index contributed by atoms with van der Waals surface area (Å²) in [4.78, 5) is 24.4. The van der Waals surface area contributed by atoms with Gasteiger partial charge >= 0.3 is 5.76 Å². The number of rotatable bonds is 2. The molecule has 1 amide bonds. The standard InChI is InChI=1S/C9H8N2O3S/c12-8(4-15)10-5-1-2-7-6(3-5)11-9(13)14-7/h1-3,15H,4H2,(H,10,12)(H,11,13). The Morgan fingerprint density at radius 3 is 3.07 bits per heavy atom. The molecule has 2 rings (SSSR count). The molecular formula is C9H8N2O3S. The van der Waals surface area contributed by atoms with Gasteiger partial charge in [0.2, 0.25) is 5.91 Å². The lowest BCUT2D eigenvalue weighted by atomic mass is 10.3. The molecule has 1 aromatic carbocycles. The van der Waals surface area contributed by atoms with Gasteiger partial charge in [0.25, 0.3) is 0 Å². The van der Waals surface area contributed by atoms with Gasteiger partial charge in [-0.05, 0) is 18.2 Å². The van der Waals surface area contributed by atoms with E-state index < -0.39 is 5.76 Å². The maximum atomic E-state index is 11.0. The average molecular weight is 224 g/mol. The van der Waals surface area contributed by atoms with Gasteiger partial charge in [-0.25, -0.2) is 4.79 Å². The number of fused-ring (bicyclic) bond motifs is 1. The third-order valence-corrected chi connectivity index (χ3v) is 2.13. The molecule has 6 heteroatoms. The number of thiol groups is 1. The lowest BCUT2D eigenvalue weighted by molar-refractivity contribution is -0.113. The summed E-state index contributed by atoms with van der Waals surface area (Å²) in [7, 11) is 0. The Labute approximate surface area is 89.9 Å². The summed E-state index contributed by atoms with van der Waals surface area (Å²) in [5.74, 6) is -0.605. The van der Waals surface area contributed by atoms with Crippen molar-refractivity contribution in [1.82, 2.24) is 4.98 Å². The van der Waals surface area contributed by atoms with Gasteiger partial charge in [-0.15, -0.1) is 0 Å². The van der Waals surface area contributed by atoms with Crippen LogP contribution in [0.4, 0.5) is 5.69 Å². The quantitative estimate of drug-likeness (QED) is 0.666. The highest BCUT2D eigenvalue weighted by atomic mass is 32.1. The van der Waals surface area contributed by atoms with Crippen molar-refractivity contribution in [2.45, 2.75) is 0 Å². The van der Waals surface area contributed by atoms with Crippen LogP contribution in [0.2, 0.25) is 0 Å². The number of benzene rings is 1. The number of hydrogen-bond donors (Lipinski definition) is 3. The predicted octanol–water partition coefficient (Wildman–Crippen LogP) is 0.989. The zero-order valence-electron chi connectivity index (χ0n) is 7.61. The molecule has 2 aromatic rings. The van der Waals surface area contributed by atoms with Crippen LogP contribution in [0, 0.1) is 0 Å². The summed E-state index contributed by atoms with van der Waals surface area (Å²) < 4.78 is 4.82. The second-order valence-electron chi connectivity index (χ2n) is 2.93. The Hall–Kier alpha value is -1.69. The highest BCUT2D eigenvalue weighted by molar-refractivity contribution is 7.81. The van der Waals surface area contributed by atoms with Crippen molar-refractivity contribution >= 4 is 35.3 Å². The minimum atomic E-state index is -0.511. The van der Waals surface area contributed by atoms with Gasteiger partial charge in [-0.1, -0.05) is 0 Å². The second-order valence-corrected chi connectivity index (χ2v) is 3.25. The molecule has 0 aliphatic rings. The summed E-state index contributed by atoms with van der Waals surface area (Å²) >= 11 is 3.84. The fraction of sp³-hybridized carbons (Fsp3) is 0.111. The van der Waals surface area contributed by atoms with E-state index in [1.165, 1.54) is 0 Å². The fourth-order valence-electron chi connectivity index (χ4n) is 1.23. The van der Waals surface area contributed by atoms with Crippen molar-refractivity contribution in [2.75, 3.05) is 11.1 Å². The molecule has 0 saturated heterocycles. The molecule has 78 valence electrons. The Bertz CT molecular complexity index is 558. The monoisotopic (exact) mass is 224 g/mol. The van der Waals surface area contributed by atoms with Crippen LogP contribution in [0.15, 0.2) is 27.4 Å². The summed E-state index contributed by atoms with van der Waals surface area (Å²) in [5, 5.41) is 2.61. The maximum absolute atomic E-state index is 11.0. The number of H-pyrrole nitrogens is 1. The molecular weight excluding hydrogens is 216 g/mol. The molecule has 2 N–H and O–H groups in total. The number of aromatic nitrogens is 1. The molecule has 0 spiro atoms. The van der Waals surface area contributed by atoms with Gasteiger partial charge in [-0.2, -0.15) is 12.6 Å². The molecule has 15 heavy (non-hydrogen) atoms. The van der Waals surface area contributed by atoms with Crippen molar-refractivity contribution in [3.63, 3.8) is 0 Å². The van der Waals surface area contributed by atoms with E-state index >= 15 is 0 Å². The van der Waals surface area contributed by atoms with Crippen LogP contribution in [-0.2, 0) is 4.79 Å². The largest absolute Gasteiger partial charge is 0.417 e. The van der Waals surface area contributed by atoms with E-state index in [-0.39, 0.29) is 11.7 Å². The number of oxazole rings is 1. The SMILES string of the molecule is O=C(CS)Nc1ccc2oc(=O)[nH]c2c1. The van der Waals surface area contributed by atoms with E-state index in [0.29, 0.717) is 16.8 Å². The summed E-state index contributed by atoms with van der Waals surface area (Å²) in [5.41, 5.74) is 1.61. The normalized spacial score (nSPS) is 10.5. The van der Waals surface area contributed by atoms with E-state index in [1.54, 1.807) is 18.2 Å². The van der Waals surface area contributed by atoms with E-state index in [9.17, 15) is 9.59 Å². The number of hydrogen-bond acceptors (Lipinski definition) is 4. The second kappa shape index (κ2) is 3.82. The van der Waals surface area contributed by atoms with Crippen molar-refractivity contribution in [1.29, 1.82) is 0 Å². The van der Waals surface area contributed by atoms with Crippen molar-refractivity contribution in [3.05, 3.63) is 28.7 Å². The summed E-state index contributed by atoms with van der Waals surface area (Å²) in [6.45, 7) is 0. The van der Waals surface area contributed by atoms with Crippen LogP contribution in [0.5, 0.6) is 0 Å². The smallest absolute Gasteiger partial charge is 0.408 e. The van der Waals surface area contributed by atoms with Crippen LogP contribution in [-0.4, -0.2) is 16.6 Å². The van der Waals surface area contributed by atoms with E-state index in [0.717, 1.165) is 0 Å². The Kier molecular flexibility index (Phi) is 2.51. The fourth-order valence-corrected chi connectivity index (χ4v) is 1.31. The molecule has 0 unspecified atom stereocenters. The van der Waals surface area contributed by atoms with Crippen molar-refractivity contribution in [2.24, 2.45) is 0 Å². The molecule has 0 saturated carbocycles. The molecule has 0 bridgehead atoms. The zero-order chi connectivity index (χ0) is 10.8. The topological polar surface area (TPSA) is 75.1 Å². The highest BCUT2D eigenvalue weighted by Gasteiger charge is 2.03. The summed E-state index contributed by atoms with van der Waals surface area (Å²) in [6.07, 6.45) is 0. The molecule has 0 aliphatic carbocycles. The summed E-state index contributed by atoms with van der Waals surface area (Å²) in [6, 6.07) is 4.89. The Morgan fingerprint density at radius 2 is 2.33 bits per heavy atom. The molecule has 5 nitrogen and oxygen atoms in total. The third-order valence-electron chi connectivity index (χ3n) is 1.85. The lowest BCUT2D eigenvalue weighted by Crippen LogP contribution is -2.12. The van der Waals surface area contributed by atoms with Crippen LogP contribution in [0.3, 0.4) is 0 Å². The Balaban J connectivity index is 2.38. The van der Waals surface area contributed by atoms with Gasteiger partial charge in [0, 0.05) is 5.69 Å². The first-order valence-corrected chi connectivity index (χ1v) is 4.86. The maximum Gasteiger partial charge on any atom is 0.417 e. The van der Waals surface area contributed by atoms with Crippen molar-refractivity contribution < 1.29 is 9.21 Å². The van der Waals surface area contributed by atoms with E-state index in [4.69, 9.17) is 4.42 Å². The number of carbonyl (C=O) groups excluding carboxylic acids is 1. The number of anilines is 1. The van der Waals surface area contributed by atoms with Gasteiger partial charge in [0.15, 0.2) is 5.58 Å². The van der Waals surface area contributed by atoms with Crippen LogP contribution >= 0.6 is 12.6 Å². The van der Waals surface area contributed by atoms with Crippen LogP contribution in [0.1, 0.15) is 0 Å². The molecule has 0 atom stereocenters. The molecule has 0 aliphatic heterocycles. The molecule has 1 heterocycles. The highest BCUT2D eigenvalue weighted by Crippen LogP contribution is 2.15. The number of amides is 1. The number of nitrogens with one attached hydrogen (secondary N) is 2. The van der Waals surface area contributed by atoms with Crippen molar-refractivity contribution in [3.8, 4) is 0 Å². The minimum Gasteiger partial charge on any atom is -0.408 e. The van der Waals surface area contributed by atoms with Gasteiger partial charge < -0.3 is 9.73 Å². The molecule has 0 radical (unpaired) electrons. The van der Waals surface area contributed by atoms with Gasteiger partial charge in [0.05, 0.1) is 11.3 Å². The number of carbonyl (C=O) groups is 1. The lowest BCUT2D eigenvalue weighted by Gasteiger charge is -2.01. The molecule has 0 fully saturated rings. The minimum absolute atomic E-state index is 0.111. The Morgan fingerprint density at radius 1 is 1.53 bits per heavy atom. The first kappa shape index (κ1) is 9.85. The van der Waals surface area contributed by atoms with Crippen LogP contribution in [0.25, 0.3) is 11.1 Å². The zero-order valence-corrected chi connectivity index (χ0v) is 8.51. The van der Waals surface area contributed by atoms with Gasteiger partial charge in [-0.3, -0.25) is 9.78 Å². The van der Waals surface area contributed by atoms with E-state index in [1.807, 2.05) is 0 Å². The first-order chi connectivity index (χ1) is 7.19. The average Bonchev–Trinajstić information content (AvgIpc) is 2.57. The predicted molar refractivity (Wildman–Crippen MR) is 59.3 cm³/mol. The van der Waals surface area contributed by atoms with Crippen LogP contribution < -0.4 is 11.1 Å². The first-order valence-electron chi connectivity index (χ1n) is 4.22. The third kappa shape index (κ3) is 2.04.